The molecule has 0 saturated carbocycles. The highest BCUT2D eigenvalue weighted by Crippen LogP contribution is 2.30. The number of nitrogens with one attached hydrogen (secondary N) is 1. The molecule has 3 rings (SSSR count). The van der Waals surface area contributed by atoms with Crippen molar-refractivity contribution in [1.29, 1.82) is 0 Å². The Morgan fingerprint density at radius 1 is 1.43 bits per heavy atom. The van der Waals surface area contributed by atoms with Crippen LogP contribution in [-0.2, 0) is 17.8 Å². The average Bonchev–Trinajstić information content (AvgIpc) is 2.87. The van der Waals surface area contributed by atoms with Crippen molar-refractivity contribution >= 4 is 28.2 Å². The van der Waals surface area contributed by atoms with Crippen LogP contribution in [0.5, 0.6) is 5.88 Å². The normalized spacial score (nSPS) is 13.7. The van der Waals surface area contributed by atoms with E-state index < -0.39 is 0 Å². The predicted molar refractivity (Wildman–Crippen MR) is 79.8 cm³/mol. The fraction of sp³-hybridized carbons (Fsp3) is 0.385. The van der Waals surface area contributed by atoms with Crippen LogP contribution < -0.4 is 15.0 Å². The van der Waals surface area contributed by atoms with E-state index in [-0.39, 0.29) is 5.91 Å². The Morgan fingerprint density at radius 3 is 3.05 bits per heavy atom. The Kier molecular flexibility index (Phi) is 3.70. The topological polar surface area (TPSA) is 80.2 Å². The minimum Gasteiger partial charge on any atom is -0.480 e. The van der Waals surface area contributed by atoms with Gasteiger partial charge in [0.05, 0.1) is 31.7 Å². The molecular weight excluding hydrogens is 290 g/mol. The van der Waals surface area contributed by atoms with E-state index in [1.54, 1.807) is 19.5 Å². The van der Waals surface area contributed by atoms with Crippen molar-refractivity contribution in [3.8, 4) is 5.88 Å². The van der Waals surface area contributed by atoms with E-state index >= 15 is 0 Å². The van der Waals surface area contributed by atoms with Crippen molar-refractivity contribution < 1.29 is 9.53 Å². The summed E-state index contributed by atoms with van der Waals surface area (Å²) in [6.45, 7) is 3.02. The molecule has 1 N–H and O–H groups in total. The van der Waals surface area contributed by atoms with Crippen LogP contribution in [-0.4, -0.2) is 34.5 Å². The van der Waals surface area contributed by atoms with E-state index in [4.69, 9.17) is 4.74 Å². The van der Waals surface area contributed by atoms with Crippen LogP contribution in [0.15, 0.2) is 12.4 Å². The minimum atomic E-state index is -0.100. The SMILES string of the molecule is COc1cncc(N2CCc3nc(NC(C)=O)sc3C2)n1. The molecular formula is C13H15N5O2S. The van der Waals surface area contributed by atoms with Crippen molar-refractivity contribution in [2.75, 3.05) is 23.9 Å². The first-order chi connectivity index (χ1) is 10.2. The molecule has 0 saturated heterocycles. The molecule has 8 heteroatoms. The monoisotopic (exact) mass is 305 g/mol. The Hall–Kier alpha value is -2.22. The Labute approximate surface area is 126 Å². The third-order valence-electron chi connectivity index (χ3n) is 3.15. The number of thiazole rings is 1. The van der Waals surface area contributed by atoms with E-state index in [9.17, 15) is 4.79 Å². The number of ether oxygens (including phenoxy) is 1. The van der Waals surface area contributed by atoms with Crippen LogP contribution in [0.1, 0.15) is 17.5 Å². The molecule has 0 radical (unpaired) electrons. The highest BCUT2D eigenvalue weighted by molar-refractivity contribution is 7.15. The Bertz CT molecular complexity index is 672. The van der Waals surface area contributed by atoms with E-state index in [1.807, 2.05) is 0 Å². The van der Waals surface area contributed by atoms with Crippen LogP contribution in [0.2, 0.25) is 0 Å². The number of aromatic nitrogens is 3. The van der Waals surface area contributed by atoms with E-state index in [0.717, 1.165) is 29.4 Å². The van der Waals surface area contributed by atoms with E-state index in [1.165, 1.54) is 18.3 Å². The molecule has 0 spiro atoms. The molecule has 7 nitrogen and oxygen atoms in total. The fourth-order valence-corrected chi connectivity index (χ4v) is 3.25. The number of rotatable bonds is 3. The van der Waals surface area contributed by atoms with Gasteiger partial charge < -0.3 is 15.0 Å². The van der Waals surface area contributed by atoms with Crippen LogP contribution in [0.25, 0.3) is 0 Å². The molecule has 2 aromatic heterocycles. The van der Waals surface area contributed by atoms with Gasteiger partial charge in [0.1, 0.15) is 0 Å². The van der Waals surface area contributed by atoms with Gasteiger partial charge in [-0.2, -0.15) is 4.98 Å². The number of carbonyl (C=O) groups excluding carboxylic acids is 1. The molecule has 0 unspecified atom stereocenters. The minimum absolute atomic E-state index is 0.100. The summed E-state index contributed by atoms with van der Waals surface area (Å²) in [5, 5.41) is 3.40. The molecule has 0 bridgehead atoms. The van der Waals surface area contributed by atoms with Gasteiger partial charge in [-0.05, 0) is 0 Å². The summed E-state index contributed by atoms with van der Waals surface area (Å²) in [6.07, 6.45) is 4.13. The second kappa shape index (κ2) is 5.65. The molecule has 3 heterocycles. The number of methoxy groups -OCH3 is 1. The molecule has 1 aliphatic rings. The summed E-state index contributed by atoms with van der Waals surface area (Å²) in [5.74, 6) is 1.19. The van der Waals surface area contributed by atoms with Gasteiger partial charge in [-0.3, -0.25) is 9.78 Å². The van der Waals surface area contributed by atoms with Gasteiger partial charge in [-0.25, -0.2) is 4.98 Å². The van der Waals surface area contributed by atoms with Crippen molar-refractivity contribution in [2.45, 2.75) is 19.9 Å². The maximum absolute atomic E-state index is 11.1. The highest BCUT2D eigenvalue weighted by Gasteiger charge is 2.22. The van der Waals surface area contributed by atoms with E-state index in [2.05, 4.69) is 25.2 Å². The molecule has 0 aromatic carbocycles. The summed E-state index contributed by atoms with van der Waals surface area (Å²) >= 11 is 1.51. The number of carbonyl (C=O) groups is 1. The molecule has 1 aliphatic heterocycles. The largest absolute Gasteiger partial charge is 0.480 e. The standard InChI is InChI=1S/C13H15N5O2S/c1-8(19)15-13-16-9-3-4-18(7-10(9)21-13)11-5-14-6-12(17-11)20-2/h5-6H,3-4,7H2,1-2H3,(H,15,16,19). The van der Waals surface area contributed by atoms with Crippen molar-refractivity contribution in [3.05, 3.63) is 23.0 Å². The predicted octanol–water partition coefficient (Wildman–Crippen LogP) is 1.46. The quantitative estimate of drug-likeness (QED) is 0.925. The number of hydrogen-bond donors (Lipinski definition) is 1. The zero-order chi connectivity index (χ0) is 14.8. The lowest BCUT2D eigenvalue weighted by atomic mass is 10.2. The smallest absolute Gasteiger partial charge is 0.233 e. The molecule has 0 atom stereocenters. The lowest BCUT2D eigenvalue weighted by Crippen LogP contribution is -2.30. The number of fused-ring (bicyclic) bond motifs is 1. The first kappa shape index (κ1) is 13.7. The average molecular weight is 305 g/mol. The van der Waals surface area contributed by atoms with Gasteiger partial charge in [0.2, 0.25) is 11.8 Å². The third kappa shape index (κ3) is 2.94. The summed E-state index contributed by atoms with van der Waals surface area (Å²) in [6, 6.07) is 0. The number of amides is 1. The first-order valence-corrected chi connectivity index (χ1v) is 7.34. The summed E-state index contributed by atoms with van der Waals surface area (Å²) in [5.41, 5.74) is 1.05. The molecule has 1 amide bonds. The summed E-state index contributed by atoms with van der Waals surface area (Å²) < 4.78 is 5.11. The number of nitrogens with zero attached hydrogens (tertiary/aromatic N) is 4. The molecule has 21 heavy (non-hydrogen) atoms. The summed E-state index contributed by atoms with van der Waals surface area (Å²) in [7, 11) is 1.57. The maximum Gasteiger partial charge on any atom is 0.233 e. The molecule has 2 aromatic rings. The molecule has 0 aliphatic carbocycles. The second-order valence-corrected chi connectivity index (χ2v) is 5.74. The van der Waals surface area contributed by atoms with Gasteiger partial charge in [0.15, 0.2) is 10.9 Å². The zero-order valence-electron chi connectivity index (χ0n) is 11.8. The van der Waals surface area contributed by atoms with E-state index in [0.29, 0.717) is 17.6 Å². The van der Waals surface area contributed by atoms with Gasteiger partial charge in [-0.1, -0.05) is 11.3 Å². The van der Waals surface area contributed by atoms with Crippen molar-refractivity contribution in [2.24, 2.45) is 0 Å². The number of hydrogen-bond acceptors (Lipinski definition) is 7. The fourth-order valence-electron chi connectivity index (χ4n) is 2.18. The van der Waals surface area contributed by atoms with Gasteiger partial charge in [0, 0.05) is 24.8 Å². The van der Waals surface area contributed by atoms with Gasteiger partial charge in [0.25, 0.3) is 0 Å². The third-order valence-corrected chi connectivity index (χ3v) is 4.14. The lowest BCUT2D eigenvalue weighted by Gasteiger charge is -2.26. The van der Waals surface area contributed by atoms with Crippen molar-refractivity contribution in [3.63, 3.8) is 0 Å². The molecule has 0 fully saturated rings. The summed E-state index contributed by atoms with van der Waals surface area (Å²) in [4.78, 5) is 27.4. The van der Waals surface area contributed by atoms with Crippen LogP contribution in [0.3, 0.4) is 0 Å². The van der Waals surface area contributed by atoms with Crippen LogP contribution >= 0.6 is 11.3 Å². The second-order valence-electron chi connectivity index (χ2n) is 4.66. The zero-order valence-corrected chi connectivity index (χ0v) is 12.6. The maximum atomic E-state index is 11.1. The van der Waals surface area contributed by atoms with Crippen LogP contribution in [0.4, 0.5) is 10.9 Å². The number of anilines is 2. The lowest BCUT2D eigenvalue weighted by molar-refractivity contribution is -0.114. The molecule has 110 valence electrons. The first-order valence-electron chi connectivity index (χ1n) is 6.53. The van der Waals surface area contributed by atoms with Gasteiger partial charge in [-0.15, -0.1) is 0 Å². The van der Waals surface area contributed by atoms with Gasteiger partial charge >= 0.3 is 0 Å². The Morgan fingerprint density at radius 2 is 2.29 bits per heavy atom. The van der Waals surface area contributed by atoms with Crippen LogP contribution in [0, 0.1) is 0 Å². The Balaban J connectivity index is 1.80. The van der Waals surface area contributed by atoms with Crippen molar-refractivity contribution in [1.82, 2.24) is 15.0 Å². The highest BCUT2D eigenvalue weighted by atomic mass is 32.1.